The van der Waals surface area contributed by atoms with E-state index in [1.807, 2.05) is 13.8 Å². The third-order valence-electron chi connectivity index (χ3n) is 3.63. The Hall–Kier alpha value is -0.610. The molecule has 0 spiro atoms. The van der Waals surface area contributed by atoms with Crippen molar-refractivity contribution in [3.05, 3.63) is 0 Å². The monoisotopic (exact) mass is 241 g/mol. The van der Waals surface area contributed by atoms with Crippen molar-refractivity contribution in [3.8, 4) is 0 Å². The zero-order valence-corrected chi connectivity index (χ0v) is 11.4. The SMILES string of the molecule is CC(C)NC(=O)CCN(C)C1CCCC1CN. The minimum atomic E-state index is 0.147. The van der Waals surface area contributed by atoms with Crippen LogP contribution in [0.4, 0.5) is 0 Å². The molecule has 3 N–H and O–H groups in total. The minimum Gasteiger partial charge on any atom is -0.354 e. The van der Waals surface area contributed by atoms with Crippen LogP contribution in [-0.4, -0.2) is 43.0 Å². The first-order valence-electron chi connectivity index (χ1n) is 6.74. The van der Waals surface area contributed by atoms with E-state index >= 15 is 0 Å². The van der Waals surface area contributed by atoms with Crippen LogP contribution in [0.25, 0.3) is 0 Å². The maximum atomic E-state index is 11.6. The van der Waals surface area contributed by atoms with Gasteiger partial charge < -0.3 is 16.0 Å². The van der Waals surface area contributed by atoms with Crippen LogP contribution in [0, 0.1) is 5.92 Å². The number of carbonyl (C=O) groups is 1. The molecule has 0 saturated heterocycles. The van der Waals surface area contributed by atoms with Gasteiger partial charge in [-0.1, -0.05) is 6.42 Å². The van der Waals surface area contributed by atoms with Crippen LogP contribution in [0.1, 0.15) is 39.5 Å². The van der Waals surface area contributed by atoms with E-state index in [-0.39, 0.29) is 11.9 Å². The maximum Gasteiger partial charge on any atom is 0.221 e. The van der Waals surface area contributed by atoms with Gasteiger partial charge in [-0.15, -0.1) is 0 Å². The molecule has 0 bridgehead atoms. The van der Waals surface area contributed by atoms with Crippen LogP contribution in [-0.2, 0) is 4.79 Å². The van der Waals surface area contributed by atoms with Crippen LogP contribution in [0.5, 0.6) is 0 Å². The van der Waals surface area contributed by atoms with Gasteiger partial charge in [0.05, 0.1) is 0 Å². The third-order valence-corrected chi connectivity index (χ3v) is 3.63. The lowest BCUT2D eigenvalue weighted by Crippen LogP contribution is -2.40. The van der Waals surface area contributed by atoms with Crippen molar-refractivity contribution >= 4 is 5.91 Å². The van der Waals surface area contributed by atoms with Crippen LogP contribution >= 0.6 is 0 Å². The molecule has 1 amide bonds. The molecular weight excluding hydrogens is 214 g/mol. The molecule has 100 valence electrons. The van der Waals surface area contributed by atoms with Crippen molar-refractivity contribution in [2.45, 2.75) is 51.6 Å². The van der Waals surface area contributed by atoms with Crippen molar-refractivity contribution < 1.29 is 4.79 Å². The smallest absolute Gasteiger partial charge is 0.221 e. The number of nitrogens with one attached hydrogen (secondary N) is 1. The fraction of sp³-hybridized carbons (Fsp3) is 0.923. The largest absolute Gasteiger partial charge is 0.354 e. The summed E-state index contributed by atoms with van der Waals surface area (Å²) in [6.45, 7) is 5.58. The molecule has 1 saturated carbocycles. The van der Waals surface area contributed by atoms with Gasteiger partial charge in [-0.3, -0.25) is 4.79 Å². The van der Waals surface area contributed by atoms with E-state index in [0.29, 0.717) is 18.4 Å². The predicted octanol–water partition coefficient (Wildman–Crippen LogP) is 0.960. The Morgan fingerprint density at radius 2 is 2.18 bits per heavy atom. The van der Waals surface area contributed by atoms with Gasteiger partial charge in [0.2, 0.25) is 5.91 Å². The number of carbonyl (C=O) groups excluding carboxylic acids is 1. The Labute approximate surface area is 105 Å². The van der Waals surface area contributed by atoms with E-state index in [1.54, 1.807) is 0 Å². The van der Waals surface area contributed by atoms with Gasteiger partial charge >= 0.3 is 0 Å². The van der Waals surface area contributed by atoms with Gasteiger partial charge in [-0.25, -0.2) is 0 Å². The zero-order valence-electron chi connectivity index (χ0n) is 11.4. The first-order chi connectivity index (χ1) is 8.04. The van der Waals surface area contributed by atoms with Crippen LogP contribution in [0.3, 0.4) is 0 Å². The molecule has 1 aliphatic carbocycles. The quantitative estimate of drug-likeness (QED) is 0.728. The van der Waals surface area contributed by atoms with E-state index in [0.717, 1.165) is 13.1 Å². The minimum absolute atomic E-state index is 0.147. The number of nitrogens with two attached hydrogens (primary N) is 1. The van der Waals surface area contributed by atoms with Gasteiger partial charge in [-0.05, 0) is 46.2 Å². The number of nitrogens with zero attached hydrogens (tertiary/aromatic N) is 1. The Morgan fingerprint density at radius 1 is 1.47 bits per heavy atom. The molecule has 0 aromatic rings. The fourth-order valence-corrected chi connectivity index (χ4v) is 2.71. The summed E-state index contributed by atoms with van der Waals surface area (Å²) >= 11 is 0. The highest BCUT2D eigenvalue weighted by molar-refractivity contribution is 5.76. The number of hydrogen-bond acceptors (Lipinski definition) is 3. The number of amides is 1. The highest BCUT2D eigenvalue weighted by atomic mass is 16.1. The summed E-state index contributed by atoms with van der Waals surface area (Å²) < 4.78 is 0. The lowest BCUT2D eigenvalue weighted by molar-refractivity contribution is -0.122. The highest BCUT2D eigenvalue weighted by Gasteiger charge is 2.29. The summed E-state index contributed by atoms with van der Waals surface area (Å²) in [5.41, 5.74) is 5.78. The summed E-state index contributed by atoms with van der Waals surface area (Å²) in [7, 11) is 2.11. The average molecular weight is 241 g/mol. The zero-order chi connectivity index (χ0) is 12.8. The molecule has 0 aliphatic heterocycles. The Balaban J connectivity index is 2.29. The van der Waals surface area contributed by atoms with Gasteiger partial charge in [0, 0.05) is 25.0 Å². The summed E-state index contributed by atoms with van der Waals surface area (Å²) in [6.07, 6.45) is 4.32. The van der Waals surface area contributed by atoms with Gasteiger partial charge in [0.1, 0.15) is 0 Å². The van der Waals surface area contributed by atoms with E-state index in [1.165, 1.54) is 19.3 Å². The van der Waals surface area contributed by atoms with E-state index in [4.69, 9.17) is 5.73 Å². The average Bonchev–Trinajstić information content (AvgIpc) is 2.72. The van der Waals surface area contributed by atoms with E-state index in [2.05, 4.69) is 17.3 Å². The topological polar surface area (TPSA) is 58.4 Å². The molecular formula is C13H27N3O. The Bertz CT molecular complexity index is 243. The van der Waals surface area contributed by atoms with E-state index < -0.39 is 0 Å². The second-order valence-corrected chi connectivity index (χ2v) is 5.45. The number of rotatable bonds is 6. The predicted molar refractivity (Wildman–Crippen MR) is 70.7 cm³/mol. The lowest BCUT2D eigenvalue weighted by atomic mass is 10.0. The third kappa shape index (κ3) is 4.64. The van der Waals surface area contributed by atoms with Crippen LogP contribution in [0.2, 0.25) is 0 Å². The second-order valence-electron chi connectivity index (χ2n) is 5.45. The standard InChI is InChI=1S/C13H27N3O/c1-10(2)15-13(17)7-8-16(3)12-6-4-5-11(12)9-14/h10-12H,4-9,14H2,1-3H3,(H,15,17). The molecule has 1 aliphatic rings. The Kier molecular flexibility index (Phi) is 5.92. The fourth-order valence-electron chi connectivity index (χ4n) is 2.71. The second kappa shape index (κ2) is 6.97. The van der Waals surface area contributed by atoms with Crippen molar-refractivity contribution in [3.63, 3.8) is 0 Å². The molecule has 2 atom stereocenters. The lowest BCUT2D eigenvalue weighted by Gasteiger charge is -2.28. The molecule has 0 aromatic carbocycles. The molecule has 0 aromatic heterocycles. The summed E-state index contributed by atoms with van der Waals surface area (Å²) in [6, 6.07) is 0.808. The Morgan fingerprint density at radius 3 is 2.76 bits per heavy atom. The first-order valence-corrected chi connectivity index (χ1v) is 6.74. The first kappa shape index (κ1) is 14.5. The summed E-state index contributed by atoms with van der Waals surface area (Å²) in [5.74, 6) is 0.766. The van der Waals surface area contributed by atoms with Crippen molar-refractivity contribution in [2.24, 2.45) is 11.7 Å². The van der Waals surface area contributed by atoms with Crippen LogP contribution in [0.15, 0.2) is 0 Å². The van der Waals surface area contributed by atoms with Gasteiger partial charge in [-0.2, -0.15) is 0 Å². The molecule has 0 heterocycles. The van der Waals surface area contributed by atoms with Crippen molar-refractivity contribution in [1.29, 1.82) is 0 Å². The van der Waals surface area contributed by atoms with Gasteiger partial charge in [0.15, 0.2) is 0 Å². The molecule has 0 radical (unpaired) electrons. The molecule has 17 heavy (non-hydrogen) atoms. The summed E-state index contributed by atoms with van der Waals surface area (Å²) in [4.78, 5) is 13.9. The molecule has 1 rings (SSSR count). The van der Waals surface area contributed by atoms with Crippen molar-refractivity contribution in [2.75, 3.05) is 20.1 Å². The number of hydrogen-bond donors (Lipinski definition) is 2. The van der Waals surface area contributed by atoms with Crippen molar-refractivity contribution in [1.82, 2.24) is 10.2 Å². The van der Waals surface area contributed by atoms with E-state index in [9.17, 15) is 4.79 Å². The molecule has 4 nitrogen and oxygen atoms in total. The maximum absolute atomic E-state index is 11.6. The molecule has 2 unspecified atom stereocenters. The highest BCUT2D eigenvalue weighted by Crippen LogP contribution is 2.28. The summed E-state index contributed by atoms with van der Waals surface area (Å²) in [5, 5.41) is 2.92. The molecule has 1 fully saturated rings. The normalized spacial score (nSPS) is 24.6. The molecule has 4 heteroatoms. The van der Waals surface area contributed by atoms with Gasteiger partial charge in [0.25, 0.3) is 0 Å². The van der Waals surface area contributed by atoms with Crippen LogP contribution < -0.4 is 11.1 Å².